The van der Waals surface area contributed by atoms with Gasteiger partial charge in [0.25, 0.3) is 0 Å². The van der Waals surface area contributed by atoms with Crippen LogP contribution in [0.3, 0.4) is 0 Å². The van der Waals surface area contributed by atoms with Crippen molar-refractivity contribution in [3.8, 4) is 0 Å². The summed E-state index contributed by atoms with van der Waals surface area (Å²) in [6.45, 7) is 0. The van der Waals surface area contributed by atoms with Crippen LogP contribution in [-0.4, -0.2) is 20.2 Å². The third-order valence-corrected chi connectivity index (χ3v) is 5.13. The number of alkyl halides is 3. The summed E-state index contributed by atoms with van der Waals surface area (Å²) in [6.07, 6.45) is 1.28. The van der Waals surface area contributed by atoms with Crippen LogP contribution in [0.25, 0.3) is 0 Å². The largest absolute Gasteiger partial charge is 0.519 e. The van der Waals surface area contributed by atoms with Crippen molar-refractivity contribution in [1.82, 2.24) is 0 Å². The fourth-order valence-corrected chi connectivity index (χ4v) is 3.38. The monoisotopic (exact) mass is 305 g/mol. The van der Waals surface area contributed by atoms with Gasteiger partial charge in [-0.15, -0.1) is 3.77 Å². The molecule has 0 N–H and O–H groups in total. The Morgan fingerprint density at radius 2 is 1.71 bits per heavy atom. The molecule has 0 saturated heterocycles. The Balaban J connectivity index is 3.14. The van der Waals surface area contributed by atoms with E-state index >= 15 is 0 Å². The summed E-state index contributed by atoms with van der Waals surface area (Å²) >= 11 is 5.60. The lowest BCUT2D eigenvalue weighted by atomic mass is 10.4. The molecule has 17 heavy (non-hydrogen) atoms. The number of nitrogens with zero attached hydrogens (tertiary/aromatic N) is 1. The zero-order chi connectivity index (χ0) is 13.3. The minimum atomic E-state index is -5.45. The third-order valence-electron chi connectivity index (χ3n) is 1.66. The summed E-state index contributed by atoms with van der Waals surface area (Å²) in [6, 6.07) is 5.77. The van der Waals surface area contributed by atoms with E-state index in [0.29, 0.717) is 9.92 Å². The molecule has 0 aliphatic rings. The van der Waals surface area contributed by atoms with Gasteiger partial charge in [-0.1, -0.05) is 22.3 Å². The van der Waals surface area contributed by atoms with Crippen LogP contribution in [0.1, 0.15) is 0 Å². The summed E-state index contributed by atoms with van der Waals surface area (Å²) in [5.74, 6) is 0. The van der Waals surface area contributed by atoms with Crippen molar-refractivity contribution in [2.24, 2.45) is 3.77 Å². The number of hydrogen-bond donors (Lipinski definition) is 0. The quantitative estimate of drug-likeness (QED) is 0.843. The lowest BCUT2D eigenvalue weighted by molar-refractivity contribution is -0.0434. The molecule has 0 spiro atoms. The van der Waals surface area contributed by atoms with Crippen molar-refractivity contribution in [2.75, 3.05) is 6.26 Å². The van der Waals surface area contributed by atoms with Gasteiger partial charge in [-0.25, -0.2) is 0 Å². The molecule has 0 amide bonds. The van der Waals surface area contributed by atoms with E-state index < -0.39 is 26.2 Å². The zero-order valence-electron chi connectivity index (χ0n) is 8.40. The molecule has 1 aromatic carbocycles. The van der Waals surface area contributed by atoms with E-state index in [1.165, 1.54) is 30.5 Å². The van der Waals surface area contributed by atoms with Crippen LogP contribution in [0.15, 0.2) is 32.9 Å². The minimum Gasteiger partial charge on any atom is -0.194 e. The van der Waals surface area contributed by atoms with E-state index in [0.717, 1.165) is 0 Å². The summed E-state index contributed by atoms with van der Waals surface area (Å²) in [4.78, 5) is 0.363. The molecule has 0 aromatic heterocycles. The standard InChI is InChI=1S/C8H7ClF3NO2S2/c1-16(7-4-2-6(9)3-5-7)13-17(14,15)8(10,11)12/h2-5H,1H3. The van der Waals surface area contributed by atoms with E-state index in [1.807, 2.05) is 0 Å². The highest BCUT2D eigenvalue weighted by molar-refractivity contribution is 8.00. The second-order valence-electron chi connectivity index (χ2n) is 2.93. The summed E-state index contributed by atoms with van der Waals surface area (Å²) in [7, 11) is -6.85. The molecule has 0 bridgehead atoms. The van der Waals surface area contributed by atoms with Crippen molar-refractivity contribution in [3.05, 3.63) is 29.3 Å². The van der Waals surface area contributed by atoms with E-state index in [4.69, 9.17) is 11.6 Å². The highest BCUT2D eigenvalue weighted by Crippen LogP contribution is 2.26. The lowest BCUT2D eigenvalue weighted by Gasteiger charge is -2.05. The van der Waals surface area contributed by atoms with Gasteiger partial charge >= 0.3 is 15.5 Å². The number of benzene rings is 1. The van der Waals surface area contributed by atoms with Gasteiger partial charge in [0, 0.05) is 9.92 Å². The molecule has 0 aliphatic carbocycles. The molecule has 1 rings (SSSR count). The first-order chi connectivity index (χ1) is 7.63. The first kappa shape index (κ1) is 14.5. The van der Waals surface area contributed by atoms with Crippen LogP contribution in [-0.2, 0) is 20.7 Å². The normalized spacial score (nSPS) is 14.9. The van der Waals surface area contributed by atoms with Gasteiger partial charge in [-0.2, -0.15) is 21.6 Å². The molecule has 0 radical (unpaired) electrons. The second kappa shape index (κ2) is 4.95. The van der Waals surface area contributed by atoms with E-state index in [1.54, 1.807) is 0 Å². The summed E-state index contributed by atoms with van der Waals surface area (Å²) < 4.78 is 60.6. The van der Waals surface area contributed by atoms with Crippen molar-refractivity contribution in [1.29, 1.82) is 0 Å². The third kappa shape index (κ3) is 3.68. The van der Waals surface area contributed by atoms with Gasteiger partial charge in [-0.05, 0) is 30.5 Å². The molecule has 1 aromatic rings. The molecule has 96 valence electrons. The van der Waals surface area contributed by atoms with Gasteiger partial charge in [0.05, 0.1) is 0 Å². The lowest BCUT2D eigenvalue weighted by Crippen LogP contribution is -2.21. The predicted molar refractivity (Wildman–Crippen MR) is 60.4 cm³/mol. The Morgan fingerprint density at radius 3 is 2.12 bits per heavy atom. The Bertz CT molecular complexity index is 537. The molecule has 1 unspecified atom stereocenters. The van der Waals surface area contributed by atoms with Crippen molar-refractivity contribution in [3.63, 3.8) is 0 Å². The van der Waals surface area contributed by atoms with Crippen LogP contribution in [0.4, 0.5) is 13.2 Å². The first-order valence-corrected chi connectivity index (χ1v) is 7.50. The molecule has 0 aliphatic heterocycles. The number of hydrogen-bond acceptors (Lipinski definition) is 2. The average Bonchev–Trinajstić information content (AvgIpc) is 2.16. The van der Waals surface area contributed by atoms with Gasteiger partial charge in [0.2, 0.25) is 0 Å². The maximum atomic E-state index is 12.1. The Kier molecular flexibility index (Phi) is 4.21. The number of halogens is 4. The second-order valence-corrected chi connectivity index (χ2v) is 6.80. The molecule has 3 nitrogen and oxygen atoms in total. The minimum absolute atomic E-state index is 0.363. The van der Waals surface area contributed by atoms with E-state index in [-0.39, 0.29) is 0 Å². The van der Waals surface area contributed by atoms with Crippen LogP contribution in [0.5, 0.6) is 0 Å². The predicted octanol–water partition coefficient (Wildman–Crippen LogP) is 2.98. The Labute approximate surface area is 104 Å². The Morgan fingerprint density at radius 1 is 1.24 bits per heavy atom. The topological polar surface area (TPSA) is 46.5 Å². The van der Waals surface area contributed by atoms with E-state index in [9.17, 15) is 21.6 Å². The van der Waals surface area contributed by atoms with Crippen molar-refractivity contribution in [2.45, 2.75) is 10.4 Å². The maximum Gasteiger partial charge on any atom is 0.519 e. The highest BCUT2D eigenvalue weighted by atomic mass is 35.5. The van der Waals surface area contributed by atoms with Gasteiger partial charge in [0.15, 0.2) is 0 Å². The molecule has 0 heterocycles. The molecule has 9 heteroatoms. The zero-order valence-corrected chi connectivity index (χ0v) is 10.8. The molecular formula is C8H7ClF3NO2S2. The number of sulfonamides is 1. The first-order valence-electron chi connectivity index (χ1n) is 4.09. The molecule has 0 saturated carbocycles. The van der Waals surface area contributed by atoms with E-state index in [2.05, 4.69) is 3.77 Å². The van der Waals surface area contributed by atoms with Crippen LogP contribution < -0.4 is 0 Å². The van der Waals surface area contributed by atoms with Gasteiger partial charge in [-0.3, -0.25) is 0 Å². The SMILES string of the molecule is C/S(=N\S(=O)(=O)C(F)(F)F)c1ccc(Cl)cc1. The number of rotatable bonds is 2. The fraction of sp³-hybridized carbons (Fsp3) is 0.250. The summed E-state index contributed by atoms with van der Waals surface area (Å²) in [5.41, 5.74) is -5.36. The maximum absolute atomic E-state index is 12.1. The molecule has 1 atom stereocenters. The molecular weight excluding hydrogens is 299 g/mol. The van der Waals surface area contributed by atoms with Crippen molar-refractivity contribution < 1.29 is 21.6 Å². The highest BCUT2D eigenvalue weighted by Gasteiger charge is 2.46. The van der Waals surface area contributed by atoms with Gasteiger partial charge < -0.3 is 0 Å². The van der Waals surface area contributed by atoms with Crippen LogP contribution in [0, 0.1) is 0 Å². The average molecular weight is 306 g/mol. The molecule has 0 fully saturated rings. The summed E-state index contributed by atoms with van der Waals surface area (Å²) in [5, 5.41) is 0.407. The Hall–Kier alpha value is -0.600. The van der Waals surface area contributed by atoms with Gasteiger partial charge in [0.1, 0.15) is 0 Å². The van der Waals surface area contributed by atoms with Crippen LogP contribution in [0.2, 0.25) is 5.02 Å². The fourth-order valence-electron chi connectivity index (χ4n) is 0.864. The van der Waals surface area contributed by atoms with Crippen molar-refractivity contribution >= 4 is 32.3 Å². The van der Waals surface area contributed by atoms with Crippen LogP contribution >= 0.6 is 11.6 Å². The smallest absolute Gasteiger partial charge is 0.194 e.